The molecule has 0 aromatic heterocycles. The van der Waals surface area contributed by atoms with Gasteiger partial charge in [-0.3, -0.25) is 0 Å². The Morgan fingerprint density at radius 1 is 1.24 bits per heavy atom. The Morgan fingerprint density at radius 3 is 2.47 bits per heavy atom. The average Bonchev–Trinajstić information content (AvgIpc) is 2.73. The number of ether oxygens (including phenoxy) is 1. The molecule has 1 saturated heterocycles. The third-order valence-electron chi connectivity index (χ3n) is 3.13. The highest BCUT2D eigenvalue weighted by Crippen LogP contribution is 2.06. The van der Waals surface area contributed by atoms with Crippen LogP contribution >= 0.6 is 0 Å². The second-order valence-corrected chi connectivity index (χ2v) is 6.36. The maximum Gasteiger partial charge on any atom is 0.0593 e. The van der Waals surface area contributed by atoms with Crippen LogP contribution in [0.5, 0.6) is 0 Å². The van der Waals surface area contributed by atoms with E-state index in [-0.39, 0.29) is 5.54 Å². The maximum atomic E-state index is 5.74. The van der Waals surface area contributed by atoms with E-state index in [0.717, 1.165) is 26.3 Å². The highest BCUT2D eigenvalue weighted by Gasteiger charge is 2.12. The molecule has 0 spiro atoms. The standard InChI is InChI=1S/C14H30N2O/c1-13(11-15-14(2,3)4)12-17-10-9-16-7-5-6-8-16/h13,15H,5-12H2,1-4H3. The van der Waals surface area contributed by atoms with Crippen LogP contribution in [0.2, 0.25) is 0 Å². The van der Waals surface area contributed by atoms with E-state index < -0.39 is 0 Å². The molecule has 0 saturated carbocycles. The van der Waals surface area contributed by atoms with Gasteiger partial charge in [0.05, 0.1) is 13.2 Å². The Bertz CT molecular complexity index is 195. The minimum Gasteiger partial charge on any atom is -0.380 e. The molecular formula is C14H30N2O. The van der Waals surface area contributed by atoms with Crippen LogP contribution in [0.1, 0.15) is 40.5 Å². The molecule has 0 bridgehead atoms. The van der Waals surface area contributed by atoms with Gasteiger partial charge in [-0.25, -0.2) is 0 Å². The minimum absolute atomic E-state index is 0.212. The van der Waals surface area contributed by atoms with Crippen molar-refractivity contribution in [1.82, 2.24) is 10.2 Å². The molecule has 1 aliphatic rings. The van der Waals surface area contributed by atoms with Crippen molar-refractivity contribution in [1.29, 1.82) is 0 Å². The number of likely N-dealkylation sites (tertiary alicyclic amines) is 1. The number of hydrogen-bond acceptors (Lipinski definition) is 3. The topological polar surface area (TPSA) is 24.5 Å². The first kappa shape index (κ1) is 14.9. The lowest BCUT2D eigenvalue weighted by atomic mass is 10.1. The lowest BCUT2D eigenvalue weighted by molar-refractivity contribution is 0.0850. The Morgan fingerprint density at radius 2 is 1.88 bits per heavy atom. The molecule has 0 aliphatic carbocycles. The fourth-order valence-corrected chi connectivity index (χ4v) is 2.02. The van der Waals surface area contributed by atoms with Crippen LogP contribution in [-0.2, 0) is 4.74 Å². The van der Waals surface area contributed by atoms with E-state index in [2.05, 4.69) is 37.9 Å². The molecule has 0 aromatic rings. The van der Waals surface area contributed by atoms with Crippen molar-refractivity contribution >= 4 is 0 Å². The summed E-state index contributed by atoms with van der Waals surface area (Å²) in [6.45, 7) is 15.3. The minimum atomic E-state index is 0.212. The smallest absolute Gasteiger partial charge is 0.0593 e. The number of nitrogens with zero attached hydrogens (tertiary/aromatic N) is 1. The molecule has 102 valence electrons. The van der Waals surface area contributed by atoms with Gasteiger partial charge in [0.15, 0.2) is 0 Å². The Balaban J connectivity index is 1.94. The zero-order valence-corrected chi connectivity index (χ0v) is 12.1. The number of rotatable bonds is 7. The molecule has 3 nitrogen and oxygen atoms in total. The van der Waals surface area contributed by atoms with Crippen LogP contribution in [0.15, 0.2) is 0 Å². The van der Waals surface area contributed by atoms with Gasteiger partial charge < -0.3 is 15.0 Å². The van der Waals surface area contributed by atoms with Crippen molar-refractivity contribution in [3.63, 3.8) is 0 Å². The summed E-state index contributed by atoms with van der Waals surface area (Å²) in [5.74, 6) is 0.591. The molecule has 1 fully saturated rings. The van der Waals surface area contributed by atoms with E-state index in [1.54, 1.807) is 0 Å². The second-order valence-electron chi connectivity index (χ2n) is 6.36. The molecule has 1 heterocycles. The van der Waals surface area contributed by atoms with E-state index in [0.29, 0.717) is 5.92 Å². The molecule has 0 amide bonds. The first-order valence-corrected chi connectivity index (χ1v) is 7.02. The molecule has 1 rings (SSSR count). The largest absolute Gasteiger partial charge is 0.380 e. The predicted molar refractivity (Wildman–Crippen MR) is 73.4 cm³/mol. The van der Waals surface area contributed by atoms with Crippen molar-refractivity contribution < 1.29 is 4.74 Å². The molecule has 0 radical (unpaired) electrons. The van der Waals surface area contributed by atoms with E-state index in [1.807, 2.05) is 0 Å². The van der Waals surface area contributed by atoms with E-state index >= 15 is 0 Å². The van der Waals surface area contributed by atoms with E-state index in [4.69, 9.17) is 4.74 Å². The van der Waals surface area contributed by atoms with Crippen LogP contribution < -0.4 is 5.32 Å². The summed E-state index contributed by atoms with van der Waals surface area (Å²) in [5, 5.41) is 3.51. The van der Waals surface area contributed by atoms with Crippen molar-refractivity contribution in [3.8, 4) is 0 Å². The average molecular weight is 242 g/mol. The van der Waals surface area contributed by atoms with Crippen molar-refractivity contribution in [2.24, 2.45) is 5.92 Å². The monoisotopic (exact) mass is 242 g/mol. The van der Waals surface area contributed by atoms with Gasteiger partial charge in [0.25, 0.3) is 0 Å². The van der Waals surface area contributed by atoms with E-state index in [1.165, 1.54) is 25.9 Å². The lowest BCUT2D eigenvalue weighted by Gasteiger charge is -2.23. The fourth-order valence-electron chi connectivity index (χ4n) is 2.02. The van der Waals surface area contributed by atoms with Crippen LogP contribution in [0.25, 0.3) is 0 Å². The fraction of sp³-hybridized carbons (Fsp3) is 1.00. The summed E-state index contributed by atoms with van der Waals surface area (Å²) < 4.78 is 5.74. The maximum absolute atomic E-state index is 5.74. The first-order chi connectivity index (χ1) is 7.97. The highest BCUT2D eigenvalue weighted by molar-refractivity contribution is 4.71. The van der Waals surface area contributed by atoms with Gasteiger partial charge in [0, 0.05) is 18.6 Å². The molecule has 0 aromatic carbocycles. The van der Waals surface area contributed by atoms with Gasteiger partial charge in [-0.1, -0.05) is 6.92 Å². The van der Waals surface area contributed by atoms with Gasteiger partial charge in [0.1, 0.15) is 0 Å². The summed E-state index contributed by atoms with van der Waals surface area (Å²) in [4.78, 5) is 2.50. The van der Waals surface area contributed by atoms with Gasteiger partial charge in [0.2, 0.25) is 0 Å². The summed E-state index contributed by atoms with van der Waals surface area (Å²) >= 11 is 0. The van der Waals surface area contributed by atoms with Crippen LogP contribution in [-0.4, -0.2) is 49.8 Å². The molecule has 1 atom stereocenters. The van der Waals surface area contributed by atoms with Gasteiger partial charge in [-0.2, -0.15) is 0 Å². The van der Waals surface area contributed by atoms with Crippen LogP contribution in [0, 0.1) is 5.92 Å². The lowest BCUT2D eigenvalue weighted by Crippen LogP contribution is -2.39. The first-order valence-electron chi connectivity index (χ1n) is 7.02. The quantitative estimate of drug-likeness (QED) is 0.692. The van der Waals surface area contributed by atoms with Crippen LogP contribution in [0.3, 0.4) is 0 Å². The molecule has 17 heavy (non-hydrogen) atoms. The Kier molecular flexibility index (Phi) is 6.45. The van der Waals surface area contributed by atoms with Crippen molar-refractivity contribution in [2.45, 2.75) is 46.1 Å². The third-order valence-corrected chi connectivity index (χ3v) is 3.13. The van der Waals surface area contributed by atoms with Gasteiger partial charge in [-0.05, 0) is 52.6 Å². The highest BCUT2D eigenvalue weighted by atomic mass is 16.5. The van der Waals surface area contributed by atoms with Gasteiger partial charge in [-0.15, -0.1) is 0 Å². The van der Waals surface area contributed by atoms with Crippen molar-refractivity contribution in [2.75, 3.05) is 39.4 Å². The van der Waals surface area contributed by atoms with Crippen LogP contribution in [0.4, 0.5) is 0 Å². The summed E-state index contributed by atoms with van der Waals surface area (Å²) in [6.07, 6.45) is 2.73. The Hall–Kier alpha value is -0.120. The molecule has 1 N–H and O–H groups in total. The zero-order chi connectivity index (χ0) is 12.7. The van der Waals surface area contributed by atoms with E-state index in [9.17, 15) is 0 Å². The molecule has 1 aliphatic heterocycles. The summed E-state index contributed by atoms with van der Waals surface area (Å²) in [6, 6.07) is 0. The molecule has 3 heteroatoms. The molecular weight excluding hydrogens is 212 g/mol. The predicted octanol–water partition coefficient (Wildman–Crippen LogP) is 2.12. The second kappa shape index (κ2) is 7.34. The summed E-state index contributed by atoms with van der Waals surface area (Å²) in [7, 11) is 0. The zero-order valence-electron chi connectivity index (χ0n) is 12.1. The number of hydrogen-bond donors (Lipinski definition) is 1. The molecule has 1 unspecified atom stereocenters. The third kappa shape index (κ3) is 7.74. The number of nitrogens with one attached hydrogen (secondary N) is 1. The normalized spacial score (nSPS) is 19.8. The van der Waals surface area contributed by atoms with Gasteiger partial charge >= 0.3 is 0 Å². The summed E-state index contributed by atoms with van der Waals surface area (Å²) in [5.41, 5.74) is 0.212. The SMILES string of the molecule is CC(CNC(C)(C)C)COCCN1CCCC1. The Labute approximate surface area is 107 Å². The van der Waals surface area contributed by atoms with Crippen molar-refractivity contribution in [3.05, 3.63) is 0 Å².